The summed E-state index contributed by atoms with van der Waals surface area (Å²) in [6.45, 7) is 1.38. The third-order valence-corrected chi connectivity index (χ3v) is 3.64. The Morgan fingerprint density at radius 3 is 2.80 bits per heavy atom. The quantitative estimate of drug-likeness (QED) is 0.834. The summed E-state index contributed by atoms with van der Waals surface area (Å²) >= 11 is 0. The summed E-state index contributed by atoms with van der Waals surface area (Å²) in [5.41, 5.74) is 3.07. The van der Waals surface area contributed by atoms with Gasteiger partial charge >= 0.3 is 0 Å². The molecule has 1 aromatic heterocycles. The lowest BCUT2D eigenvalue weighted by Gasteiger charge is -2.28. The zero-order valence-corrected chi connectivity index (χ0v) is 11.7. The van der Waals surface area contributed by atoms with Crippen molar-refractivity contribution in [3.05, 3.63) is 47.2 Å². The first kappa shape index (κ1) is 12.7. The molecule has 0 saturated carbocycles. The van der Waals surface area contributed by atoms with Crippen LogP contribution in [0.25, 0.3) is 0 Å². The van der Waals surface area contributed by atoms with Gasteiger partial charge in [-0.1, -0.05) is 24.3 Å². The number of hydrogen-bond donors (Lipinski definition) is 0. The van der Waals surface area contributed by atoms with Crippen molar-refractivity contribution < 1.29 is 9.53 Å². The molecule has 1 aliphatic rings. The first-order valence-corrected chi connectivity index (χ1v) is 6.62. The average Bonchev–Trinajstić information content (AvgIpc) is 2.87. The number of nitrogens with zero attached hydrogens (tertiary/aromatic N) is 3. The zero-order chi connectivity index (χ0) is 14.1. The lowest BCUT2D eigenvalue weighted by molar-refractivity contribution is 0.0731. The molecule has 0 unspecified atom stereocenters. The molecule has 20 heavy (non-hydrogen) atoms. The topological polar surface area (TPSA) is 47.4 Å². The maximum atomic E-state index is 12.6. The largest absolute Gasteiger partial charge is 0.479 e. The van der Waals surface area contributed by atoms with E-state index in [-0.39, 0.29) is 5.91 Å². The van der Waals surface area contributed by atoms with E-state index in [0.29, 0.717) is 18.0 Å². The first-order chi connectivity index (χ1) is 9.69. The lowest BCUT2D eigenvalue weighted by atomic mass is 9.99. The van der Waals surface area contributed by atoms with Crippen LogP contribution in [0.2, 0.25) is 0 Å². The molecule has 0 aliphatic carbocycles. The van der Waals surface area contributed by atoms with Crippen LogP contribution < -0.4 is 4.74 Å². The molecule has 1 aromatic carbocycles. The van der Waals surface area contributed by atoms with Crippen LogP contribution in [0, 0.1) is 0 Å². The van der Waals surface area contributed by atoms with Crippen molar-refractivity contribution in [1.82, 2.24) is 14.7 Å². The summed E-state index contributed by atoms with van der Waals surface area (Å²) in [6, 6.07) is 8.26. The van der Waals surface area contributed by atoms with Crippen molar-refractivity contribution in [2.24, 2.45) is 7.05 Å². The highest BCUT2D eigenvalue weighted by atomic mass is 16.5. The number of aryl methyl sites for hydroxylation is 1. The minimum absolute atomic E-state index is 0.0237. The van der Waals surface area contributed by atoms with Gasteiger partial charge in [-0.05, 0) is 17.5 Å². The predicted molar refractivity (Wildman–Crippen MR) is 74.6 cm³/mol. The van der Waals surface area contributed by atoms with Crippen LogP contribution >= 0.6 is 0 Å². The molecule has 1 aliphatic heterocycles. The Labute approximate surface area is 117 Å². The molecule has 0 N–H and O–H groups in total. The van der Waals surface area contributed by atoms with Crippen LogP contribution in [0.15, 0.2) is 30.5 Å². The van der Waals surface area contributed by atoms with Gasteiger partial charge in [-0.3, -0.25) is 9.48 Å². The van der Waals surface area contributed by atoms with Crippen LogP contribution in [0.5, 0.6) is 5.88 Å². The molecule has 5 nitrogen and oxygen atoms in total. The van der Waals surface area contributed by atoms with Crippen molar-refractivity contribution in [3.8, 4) is 5.88 Å². The van der Waals surface area contributed by atoms with Crippen LogP contribution in [-0.4, -0.2) is 34.2 Å². The smallest absolute Gasteiger partial charge is 0.261 e. The number of ether oxygens (including phenoxy) is 1. The van der Waals surface area contributed by atoms with Crippen molar-refractivity contribution in [3.63, 3.8) is 0 Å². The molecule has 2 heterocycles. The van der Waals surface area contributed by atoms with Gasteiger partial charge in [-0.15, -0.1) is 5.10 Å². The zero-order valence-electron chi connectivity index (χ0n) is 11.7. The second kappa shape index (κ2) is 5.00. The van der Waals surface area contributed by atoms with Crippen molar-refractivity contribution in [2.45, 2.75) is 13.0 Å². The van der Waals surface area contributed by atoms with Gasteiger partial charge in [-0.2, -0.15) is 0 Å². The molecule has 0 spiro atoms. The maximum Gasteiger partial charge on any atom is 0.261 e. The van der Waals surface area contributed by atoms with E-state index in [1.54, 1.807) is 17.9 Å². The standard InChI is InChI=1S/C15H17N3O2/c1-17-10-13(14(16-17)20-2)15(19)18-8-7-11-5-3-4-6-12(11)9-18/h3-6,10H,7-9H2,1-2H3. The SMILES string of the molecule is COc1nn(C)cc1C(=O)N1CCc2ccccc2C1. The van der Waals surface area contributed by atoms with Gasteiger partial charge in [0.25, 0.3) is 5.91 Å². The van der Waals surface area contributed by atoms with Gasteiger partial charge in [0.2, 0.25) is 5.88 Å². The molecule has 0 saturated heterocycles. The molecular weight excluding hydrogens is 254 g/mol. The van der Waals surface area contributed by atoms with Gasteiger partial charge in [0.1, 0.15) is 5.56 Å². The summed E-state index contributed by atoms with van der Waals surface area (Å²) in [5.74, 6) is 0.362. The average molecular weight is 271 g/mol. The van der Waals surface area contributed by atoms with E-state index in [9.17, 15) is 4.79 Å². The number of benzene rings is 1. The Morgan fingerprint density at radius 2 is 2.05 bits per heavy atom. The fourth-order valence-corrected chi connectivity index (χ4v) is 2.60. The van der Waals surface area contributed by atoms with Crippen LogP contribution in [0.3, 0.4) is 0 Å². The number of rotatable bonds is 2. The highest BCUT2D eigenvalue weighted by molar-refractivity contribution is 5.96. The summed E-state index contributed by atoms with van der Waals surface area (Å²) in [7, 11) is 3.31. The van der Waals surface area contributed by atoms with Crippen LogP contribution in [-0.2, 0) is 20.0 Å². The van der Waals surface area contributed by atoms with Crippen molar-refractivity contribution in [1.29, 1.82) is 0 Å². The van der Waals surface area contributed by atoms with Gasteiger partial charge in [0.05, 0.1) is 7.11 Å². The molecule has 1 amide bonds. The van der Waals surface area contributed by atoms with Crippen LogP contribution in [0.1, 0.15) is 21.5 Å². The number of methoxy groups -OCH3 is 1. The first-order valence-electron chi connectivity index (χ1n) is 6.62. The lowest BCUT2D eigenvalue weighted by Crippen LogP contribution is -2.35. The summed E-state index contributed by atoms with van der Waals surface area (Å²) in [5, 5.41) is 4.14. The third-order valence-electron chi connectivity index (χ3n) is 3.64. The fraction of sp³-hybridized carbons (Fsp3) is 0.333. The van der Waals surface area contributed by atoms with E-state index < -0.39 is 0 Å². The van der Waals surface area contributed by atoms with E-state index >= 15 is 0 Å². The van der Waals surface area contributed by atoms with Gasteiger partial charge in [-0.25, -0.2) is 0 Å². The Kier molecular flexibility index (Phi) is 3.18. The molecular formula is C15H17N3O2. The molecule has 3 rings (SSSR count). The molecule has 0 bridgehead atoms. The predicted octanol–water partition coefficient (Wildman–Crippen LogP) is 1.63. The number of aromatic nitrogens is 2. The van der Waals surface area contributed by atoms with E-state index in [4.69, 9.17) is 4.74 Å². The molecule has 104 valence electrons. The van der Waals surface area contributed by atoms with Crippen molar-refractivity contribution in [2.75, 3.05) is 13.7 Å². The fourth-order valence-electron chi connectivity index (χ4n) is 2.60. The van der Waals surface area contributed by atoms with Gasteiger partial charge in [0, 0.05) is 26.3 Å². The normalized spacial score (nSPS) is 14.0. The van der Waals surface area contributed by atoms with E-state index in [1.807, 2.05) is 17.0 Å². The molecule has 0 radical (unpaired) electrons. The second-order valence-corrected chi connectivity index (χ2v) is 4.97. The monoisotopic (exact) mass is 271 g/mol. The van der Waals surface area contributed by atoms with E-state index in [0.717, 1.165) is 13.0 Å². The van der Waals surface area contributed by atoms with Crippen LogP contribution in [0.4, 0.5) is 0 Å². The van der Waals surface area contributed by atoms with Gasteiger partial charge < -0.3 is 9.64 Å². The number of hydrogen-bond acceptors (Lipinski definition) is 3. The number of amides is 1. The minimum Gasteiger partial charge on any atom is -0.479 e. The minimum atomic E-state index is -0.0237. The van der Waals surface area contributed by atoms with Crippen molar-refractivity contribution >= 4 is 5.91 Å². The van der Waals surface area contributed by atoms with E-state index in [1.165, 1.54) is 18.2 Å². The van der Waals surface area contributed by atoms with E-state index in [2.05, 4.69) is 17.2 Å². The number of carbonyl (C=O) groups is 1. The molecule has 0 atom stereocenters. The molecule has 2 aromatic rings. The van der Waals surface area contributed by atoms with Gasteiger partial charge in [0.15, 0.2) is 0 Å². The maximum absolute atomic E-state index is 12.6. The summed E-state index contributed by atoms with van der Waals surface area (Å²) in [6.07, 6.45) is 2.60. The summed E-state index contributed by atoms with van der Waals surface area (Å²) in [4.78, 5) is 14.4. The highest BCUT2D eigenvalue weighted by Gasteiger charge is 2.25. The third kappa shape index (κ3) is 2.15. The number of fused-ring (bicyclic) bond motifs is 1. The Hall–Kier alpha value is -2.30. The molecule has 0 fully saturated rings. The Balaban J connectivity index is 1.85. The number of carbonyl (C=O) groups excluding carboxylic acids is 1. The second-order valence-electron chi connectivity index (χ2n) is 4.97. The molecule has 5 heteroatoms. The summed E-state index contributed by atoms with van der Waals surface area (Å²) < 4.78 is 6.77. The highest BCUT2D eigenvalue weighted by Crippen LogP contribution is 2.23. The Morgan fingerprint density at radius 1 is 1.30 bits per heavy atom. The Bertz CT molecular complexity index is 648.